The Morgan fingerprint density at radius 2 is 0.462 bits per heavy atom. The zero-order valence-corrected chi connectivity index (χ0v) is 28.3. The minimum atomic E-state index is 0.929. The first-order chi connectivity index (χ1) is 18.4. The van der Waals surface area contributed by atoms with Crippen molar-refractivity contribution >= 4 is 0 Å². The fourth-order valence-corrected chi connectivity index (χ4v) is 11.3. The number of rotatable bonds is 3. The molecule has 0 heterocycles. The second kappa shape index (κ2) is 14.5. The maximum Gasteiger partial charge on any atom is -0.0386 e. The Morgan fingerprint density at radius 3 is 0.615 bits per heavy atom. The van der Waals surface area contributed by atoms with Gasteiger partial charge in [-0.25, -0.2) is 0 Å². The van der Waals surface area contributed by atoms with Crippen molar-refractivity contribution < 1.29 is 0 Å². The first-order valence-electron chi connectivity index (χ1n) is 18.4. The molecule has 0 heteroatoms. The van der Waals surface area contributed by atoms with E-state index in [-0.39, 0.29) is 0 Å². The van der Waals surface area contributed by atoms with Crippen molar-refractivity contribution in [3.05, 3.63) is 0 Å². The molecule has 6 fully saturated rings. The molecule has 39 heavy (non-hydrogen) atoms. The molecule has 6 rings (SSSR count). The SMILES string of the molecule is CC1CC2CC(C1)CC(C(C)C)C2.CC1C[C@@H]2CC(C(C)C)C[C@H](C1)C2.CC1C[C@@H]2CC(C(C)C)C[C@H](C1)C2. The first-order valence-corrected chi connectivity index (χ1v) is 18.4. The Morgan fingerprint density at radius 1 is 0.282 bits per heavy atom. The molecular formula is C39H72. The van der Waals surface area contributed by atoms with E-state index in [1.165, 1.54) is 38.5 Å². The molecule has 0 aromatic heterocycles. The molecule has 0 amide bonds. The summed E-state index contributed by atoms with van der Waals surface area (Å²) in [7, 11) is 0. The molecule has 0 nitrogen and oxygen atoms in total. The second-order valence-corrected chi connectivity index (χ2v) is 18.1. The molecule has 0 aromatic rings. The molecule has 6 bridgehead atoms. The van der Waals surface area contributed by atoms with Crippen molar-refractivity contribution in [3.63, 3.8) is 0 Å². The van der Waals surface area contributed by atoms with Gasteiger partial charge in [-0.2, -0.15) is 0 Å². The summed E-state index contributed by atoms with van der Waals surface area (Å²) in [6, 6.07) is 0. The summed E-state index contributed by atoms with van der Waals surface area (Å²) in [5.74, 6) is 15.6. The molecule has 0 saturated heterocycles. The lowest BCUT2D eigenvalue weighted by molar-refractivity contribution is 0.0832. The lowest BCUT2D eigenvalue weighted by Gasteiger charge is -2.43. The van der Waals surface area contributed by atoms with Gasteiger partial charge in [0.25, 0.3) is 0 Å². The highest BCUT2D eigenvalue weighted by atomic mass is 14.4. The Kier molecular flexibility index (Phi) is 11.8. The van der Waals surface area contributed by atoms with Crippen molar-refractivity contribution in [2.24, 2.45) is 88.8 Å². The topological polar surface area (TPSA) is 0 Å². The van der Waals surface area contributed by atoms with Crippen molar-refractivity contribution in [2.45, 2.75) is 159 Å². The van der Waals surface area contributed by atoms with E-state index >= 15 is 0 Å². The van der Waals surface area contributed by atoms with Crippen LogP contribution in [0.25, 0.3) is 0 Å². The van der Waals surface area contributed by atoms with Crippen molar-refractivity contribution in [3.8, 4) is 0 Å². The van der Waals surface area contributed by atoms with E-state index in [2.05, 4.69) is 62.3 Å². The normalized spacial score (nSPS) is 45.2. The van der Waals surface area contributed by atoms with Gasteiger partial charge in [0, 0.05) is 0 Å². The van der Waals surface area contributed by atoms with Gasteiger partial charge in [0.1, 0.15) is 0 Å². The second-order valence-electron chi connectivity index (χ2n) is 18.1. The van der Waals surface area contributed by atoms with Crippen molar-refractivity contribution in [2.75, 3.05) is 0 Å². The van der Waals surface area contributed by atoms with E-state index in [0.29, 0.717) is 0 Å². The van der Waals surface area contributed by atoms with E-state index in [1.807, 2.05) is 0 Å². The maximum atomic E-state index is 2.45. The maximum absolute atomic E-state index is 2.45. The van der Waals surface area contributed by atoms with Crippen LogP contribution in [-0.4, -0.2) is 0 Å². The first kappa shape index (κ1) is 31.9. The lowest BCUT2D eigenvalue weighted by Crippen LogP contribution is -2.32. The smallest absolute Gasteiger partial charge is 0.0386 e. The highest BCUT2D eigenvalue weighted by Gasteiger charge is 2.37. The van der Waals surface area contributed by atoms with Crippen LogP contribution >= 0.6 is 0 Å². The van der Waals surface area contributed by atoms with E-state index in [1.54, 1.807) is 57.8 Å². The third kappa shape index (κ3) is 9.50. The van der Waals surface area contributed by atoms with Crippen LogP contribution in [0, 0.1) is 88.8 Å². The quantitative estimate of drug-likeness (QED) is 0.334. The zero-order valence-electron chi connectivity index (χ0n) is 28.3. The highest BCUT2D eigenvalue weighted by Crippen LogP contribution is 2.48. The number of fused-ring (bicyclic) bond motifs is 6. The summed E-state index contributed by atoms with van der Waals surface area (Å²) in [4.78, 5) is 0. The van der Waals surface area contributed by atoms with Crippen LogP contribution in [-0.2, 0) is 0 Å². The molecule has 0 aliphatic heterocycles. The third-order valence-corrected chi connectivity index (χ3v) is 13.1. The largest absolute Gasteiger partial charge is 0.0625 e. The summed E-state index contributed by atoms with van der Waals surface area (Å²) in [6.07, 6.45) is 23.1. The molecule has 0 radical (unpaired) electrons. The lowest BCUT2D eigenvalue weighted by atomic mass is 9.63. The van der Waals surface area contributed by atoms with Gasteiger partial charge in [-0.05, 0) is 185 Å². The minimum Gasteiger partial charge on any atom is -0.0625 e. The van der Waals surface area contributed by atoms with Gasteiger partial charge in [-0.3, -0.25) is 0 Å². The van der Waals surface area contributed by atoms with Crippen LogP contribution in [0.2, 0.25) is 0 Å². The van der Waals surface area contributed by atoms with Crippen LogP contribution in [0.4, 0.5) is 0 Å². The monoisotopic (exact) mass is 541 g/mol. The molecule has 0 aromatic carbocycles. The van der Waals surface area contributed by atoms with Gasteiger partial charge in [-0.1, -0.05) is 62.3 Å². The summed E-state index contributed by atoms with van der Waals surface area (Å²) in [5.41, 5.74) is 0. The fourth-order valence-electron chi connectivity index (χ4n) is 11.3. The fraction of sp³-hybridized carbons (Fsp3) is 1.00. The van der Waals surface area contributed by atoms with Crippen LogP contribution in [0.1, 0.15) is 159 Å². The van der Waals surface area contributed by atoms with Gasteiger partial charge in [-0.15, -0.1) is 0 Å². The predicted molar refractivity (Wildman–Crippen MR) is 173 cm³/mol. The molecule has 0 N–H and O–H groups in total. The molecular weight excluding hydrogens is 468 g/mol. The number of hydrogen-bond acceptors (Lipinski definition) is 0. The van der Waals surface area contributed by atoms with Crippen LogP contribution in [0.3, 0.4) is 0 Å². The Hall–Kier alpha value is 0. The number of hydrogen-bond donors (Lipinski definition) is 0. The van der Waals surface area contributed by atoms with E-state index in [4.69, 9.17) is 0 Å². The summed E-state index contributed by atoms with van der Waals surface area (Å²) in [6.45, 7) is 21.8. The predicted octanol–water partition coefficient (Wildman–Crippen LogP) is 12.3. The van der Waals surface area contributed by atoms with Crippen molar-refractivity contribution in [1.82, 2.24) is 0 Å². The van der Waals surface area contributed by atoms with Gasteiger partial charge in [0.15, 0.2) is 0 Å². The minimum absolute atomic E-state index is 0.929. The Bertz CT molecular complexity index is 554. The molecule has 6 saturated carbocycles. The van der Waals surface area contributed by atoms with E-state index < -0.39 is 0 Å². The third-order valence-electron chi connectivity index (χ3n) is 13.1. The van der Waals surface area contributed by atoms with Gasteiger partial charge >= 0.3 is 0 Å². The van der Waals surface area contributed by atoms with Crippen molar-refractivity contribution in [1.29, 1.82) is 0 Å². The molecule has 6 aliphatic rings. The molecule has 6 aliphatic carbocycles. The highest BCUT2D eigenvalue weighted by molar-refractivity contribution is 4.88. The van der Waals surface area contributed by atoms with E-state index in [0.717, 1.165) is 88.8 Å². The van der Waals surface area contributed by atoms with Crippen LogP contribution in [0.15, 0.2) is 0 Å². The Balaban J connectivity index is 0.000000136. The molecule has 228 valence electrons. The molecule has 6 unspecified atom stereocenters. The average molecular weight is 541 g/mol. The average Bonchev–Trinajstić information content (AvgIpc) is 2.82. The standard InChI is InChI=1S/3C13H24/c3*1-9(2)13-7-11-4-10(3)5-12(6-11)8-13/h3*9-13H,4-8H2,1-3H3/t2*10?,11-,12+,13?;. The molecule has 10 atom stereocenters. The van der Waals surface area contributed by atoms with Crippen LogP contribution in [0.5, 0.6) is 0 Å². The summed E-state index contributed by atoms with van der Waals surface area (Å²) >= 11 is 0. The van der Waals surface area contributed by atoms with Crippen LogP contribution < -0.4 is 0 Å². The van der Waals surface area contributed by atoms with E-state index in [9.17, 15) is 0 Å². The molecule has 0 spiro atoms. The summed E-state index contributed by atoms with van der Waals surface area (Å²) in [5, 5.41) is 0. The zero-order chi connectivity index (χ0) is 28.3. The van der Waals surface area contributed by atoms with Gasteiger partial charge < -0.3 is 0 Å². The van der Waals surface area contributed by atoms with Gasteiger partial charge in [0.2, 0.25) is 0 Å². The van der Waals surface area contributed by atoms with Gasteiger partial charge in [0.05, 0.1) is 0 Å². The summed E-state index contributed by atoms with van der Waals surface area (Å²) < 4.78 is 0. The Labute approximate surface area is 247 Å².